The topological polar surface area (TPSA) is 29.5 Å². The van der Waals surface area contributed by atoms with Crippen LogP contribution in [0.15, 0.2) is 42.5 Å². The highest BCUT2D eigenvalue weighted by Crippen LogP contribution is 2.34. The lowest BCUT2D eigenvalue weighted by molar-refractivity contribution is 0.318. The van der Waals surface area contributed by atoms with Crippen molar-refractivity contribution in [2.45, 2.75) is 25.7 Å². The summed E-state index contributed by atoms with van der Waals surface area (Å²) in [7, 11) is 0. The number of phenolic OH excluding ortho intramolecular Hbond substituents is 1. The van der Waals surface area contributed by atoms with E-state index in [1.165, 1.54) is 11.1 Å². The van der Waals surface area contributed by atoms with E-state index >= 15 is 0 Å². The lowest BCUT2D eigenvalue weighted by atomic mass is 9.78. The number of halogens is 2. The van der Waals surface area contributed by atoms with E-state index in [1.54, 1.807) is 6.07 Å². The van der Waals surface area contributed by atoms with Crippen LogP contribution in [0, 0.1) is 3.57 Å². The second kappa shape index (κ2) is 7.55. The third-order valence-corrected chi connectivity index (χ3v) is 4.92. The van der Waals surface area contributed by atoms with Crippen molar-refractivity contribution in [3.63, 3.8) is 0 Å². The molecule has 2 aromatic rings. The van der Waals surface area contributed by atoms with Gasteiger partial charge in [0.25, 0.3) is 0 Å². The molecule has 22 heavy (non-hydrogen) atoms. The summed E-state index contributed by atoms with van der Waals surface area (Å²) in [5.41, 5.74) is 2.24. The molecule has 0 saturated heterocycles. The lowest BCUT2D eigenvalue weighted by Crippen LogP contribution is -2.19. The van der Waals surface area contributed by atoms with Gasteiger partial charge >= 0.3 is 0 Å². The van der Waals surface area contributed by atoms with Crippen molar-refractivity contribution in [3.8, 4) is 11.5 Å². The summed E-state index contributed by atoms with van der Waals surface area (Å²) in [4.78, 5) is 0. The average molecular weight is 431 g/mol. The van der Waals surface area contributed by atoms with E-state index in [1.807, 2.05) is 24.3 Å². The molecule has 0 spiro atoms. The molecule has 0 bridgehead atoms. The highest BCUT2D eigenvalue weighted by molar-refractivity contribution is 14.1. The van der Waals surface area contributed by atoms with E-state index in [2.05, 4.69) is 48.6 Å². The van der Waals surface area contributed by atoms with Crippen molar-refractivity contribution in [1.82, 2.24) is 0 Å². The number of rotatable bonds is 6. The fourth-order valence-corrected chi connectivity index (χ4v) is 2.90. The molecule has 2 aromatic carbocycles. The molecule has 0 aliphatic carbocycles. The van der Waals surface area contributed by atoms with Crippen LogP contribution in [0.1, 0.15) is 31.4 Å². The van der Waals surface area contributed by atoms with Crippen LogP contribution in [-0.2, 0) is 5.41 Å². The standard InChI is InChI=1S/C18H20ClIO2/c1-18(2,14-6-9-17(21)16(20)12-14)13-4-7-15(8-5-13)22-11-3-10-19/h4-9,12,21H,3,10-11H2,1-2H3. The summed E-state index contributed by atoms with van der Waals surface area (Å²) in [5, 5.41) is 9.69. The Morgan fingerprint density at radius 3 is 2.32 bits per heavy atom. The van der Waals surface area contributed by atoms with Crippen LogP contribution in [0.3, 0.4) is 0 Å². The maximum absolute atomic E-state index is 9.69. The molecule has 0 fully saturated rings. The lowest BCUT2D eigenvalue weighted by Gasteiger charge is -2.26. The zero-order valence-electron chi connectivity index (χ0n) is 12.8. The van der Waals surface area contributed by atoms with Crippen molar-refractivity contribution < 1.29 is 9.84 Å². The number of benzene rings is 2. The minimum Gasteiger partial charge on any atom is -0.507 e. The Labute approximate surface area is 150 Å². The smallest absolute Gasteiger partial charge is 0.128 e. The molecule has 1 N–H and O–H groups in total. The van der Waals surface area contributed by atoms with Crippen LogP contribution in [0.4, 0.5) is 0 Å². The van der Waals surface area contributed by atoms with Crippen LogP contribution in [0.25, 0.3) is 0 Å². The molecule has 0 unspecified atom stereocenters. The average Bonchev–Trinajstić information content (AvgIpc) is 2.51. The third kappa shape index (κ3) is 4.07. The molecule has 0 atom stereocenters. The summed E-state index contributed by atoms with van der Waals surface area (Å²) in [6.45, 7) is 5.00. The Hall–Kier alpha value is -0.940. The molecular formula is C18H20ClIO2. The number of ether oxygens (including phenoxy) is 1. The van der Waals surface area contributed by atoms with Crippen LogP contribution < -0.4 is 4.74 Å². The van der Waals surface area contributed by atoms with Crippen molar-refractivity contribution in [2.75, 3.05) is 12.5 Å². The zero-order chi connectivity index (χ0) is 16.2. The molecular weight excluding hydrogens is 411 g/mol. The summed E-state index contributed by atoms with van der Waals surface area (Å²) in [6.07, 6.45) is 0.848. The number of hydrogen-bond donors (Lipinski definition) is 1. The third-order valence-electron chi connectivity index (χ3n) is 3.79. The molecule has 0 aliphatic rings. The highest BCUT2D eigenvalue weighted by Gasteiger charge is 2.23. The van der Waals surface area contributed by atoms with Crippen molar-refractivity contribution in [1.29, 1.82) is 0 Å². The Kier molecular flexibility index (Phi) is 5.98. The van der Waals surface area contributed by atoms with E-state index in [9.17, 15) is 5.11 Å². The first-order chi connectivity index (χ1) is 10.4. The number of hydrogen-bond acceptors (Lipinski definition) is 2. The van der Waals surface area contributed by atoms with Gasteiger partial charge in [-0.1, -0.05) is 32.0 Å². The SMILES string of the molecule is CC(C)(c1ccc(OCCCCl)cc1)c1ccc(O)c(I)c1. The van der Waals surface area contributed by atoms with Crippen molar-refractivity contribution in [3.05, 3.63) is 57.2 Å². The molecule has 0 aromatic heterocycles. The normalized spacial score (nSPS) is 11.5. The Morgan fingerprint density at radius 2 is 1.73 bits per heavy atom. The predicted octanol–water partition coefficient (Wildman–Crippen LogP) is 5.33. The maximum Gasteiger partial charge on any atom is 0.128 e. The molecule has 0 amide bonds. The van der Waals surface area contributed by atoms with Gasteiger partial charge in [-0.05, 0) is 64.4 Å². The first-order valence-electron chi connectivity index (χ1n) is 7.23. The summed E-state index contributed by atoms with van der Waals surface area (Å²) >= 11 is 7.80. The molecule has 0 saturated carbocycles. The van der Waals surface area contributed by atoms with E-state index in [-0.39, 0.29) is 5.41 Å². The largest absolute Gasteiger partial charge is 0.507 e. The second-order valence-corrected chi connectivity index (χ2v) is 7.25. The van der Waals surface area contributed by atoms with Crippen LogP contribution in [0.2, 0.25) is 0 Å². The van der Waals surface area contributed by atoms with Gasteiger partial charge in [0, 0.05) is 11.3 Å². The quantitative estimate of drug-likeness (QED) is 0.381. The van der Waals surface area contributed by atoms with Crippen LogP contribution in [-0.4, -0.2) is 17.6 Å². The minimum atomic E-state index is -0.137. The van der Waals surface area contributed by atoms with E-state index < -0.39 is 0 Å². The summed E-state index contributed by atoms with van der Waals surface area (Å²) < 4.78 is 6.50. The van der Waals surface area contributed by atoms with Gasteiger partial charge in [-0.3, -0.25) is 0 Å². The van der Waals surface area contributed by atoms with E-state index in [4.69, 9.17) is 16.3 Å². The van der Waals surface area contributed by atoms with Crippen molar-refractivity contribution in [2.24, 2.45) is 0 Å². The van der Waals surface area contributed by atoms with Gasteiger partial charge in [-0.2, -0.15) is 0 Å². The van der Waals surface area contributed by atoms with Gasteiger partial charge in [0.1, 0.15) is 11.5 Å². The Balaban J connectivity index is 2.19. The number of phenols is 1. The molecule has 2 nitrogen and oxygen atoms in total. The first kappa shape index (κ1) is 17.4. The zero-order valence-corrected chi connectivity index (χ0v) is 15.7. The fourth-order valence-electron chi connectivity index (χ4n) is 2.27. The van der Waals surface area contributed by atoms with Gasteiger partial charge in [0.15, 0.2) is 0 Å². The Bertz CT molecular complexity index is 623. The van der Waals surface area contributed by atoms with Crippen LogP contribution >= 0.6 is 34.2 Å². The van der Waals surface area contributed by atoms with Gasteiger partial charge in [0.05, 0.1) is 10.2 Å². The van der Waals surface area contributed by atoms with Crippen LogP contribution in [0.5, 0.6) is 11.5 Å². The summed E-state index contributed by atoms with van der Waals surface area (Å²) in [5.74, 6) is 1.80. The monoisotopic (exact) mass is 430 g/mol. The molecule has 118 valence electrons. The predicted molar refractivity (Wildman–Crippen MR) is 100 cm³/mol. The molecule has 2 rings (SSSR count). The van der Waals surface area contributed by atoms with E-state index in [0.29, 0.717) is 18.2 Å². The van der Waals surface area contributed by atoms with Gasteiger partial charge in [-0.25, -0.2) is 0 Å². The second-order valence-electron chi connectivity index (χ2n) is 5.71. The molecule has 0 aliphatic heterocycles. The maximum atomic E-state index is 9.69. The van der Waals surface area contributed by atoms with Gasteiger partial charge in [0.2, 0.25) is 0 Å². The molecule has 4 heteroatoms. The molecule has 0 radical (unpaired) electrons. The van der Waals surface area contributed by atoms with Gasteiger partial charge in [-0.15, -0.1) is 11.6 Å². The minimum absolute atomic E-state index is 0.137. The van der Waals surface area contributed by atoms with Gasteiger partial charge < -0.3 is 9.84 Å². The number of aromatic hydroxyl groups is 1. The van der Waals surface area contributed by atoms with E-state index in [0.717, 1.165) is 15.7 Å². The Morgan fingerprint density at radius 1 is 1.09 bits per heavy atom. The highest BCUT2D eigenvalue weighted by atomic mass is 127. The molecule has 0 heterocycles. The summed E-state index contributed by atoms with van der Waals surface area (Å²) in [6, 6.07) is 13.9. The van der Waals surface area contributed by atoms with Crippen molar-refractivity contribution >= 4 is 34.2 Å². The number of alkyl halides is 1. The first-order valence-corrected chi connectivity index (χ1v) is 8.85. The fraction of sp³-hybridized carbons (Fsp3) is 0.333.